The molecule has 4 aromatic rings. The maximum absolute atomic E-state index is 13.4. The van der Waals surface area contributed by atoms with Crippen molar-refractivity contribution in [2.45, 2.75) is 24.7 Å². The summed E-state index contributed by atoms with van der Waals surface area (Å²) in [5, 5.41) is 4.73. The summed E-state index contributed by atoms with van der Waals surface area (Å²) in [7, 11) is -3.73. The number of aromatic amines is 1. The van der Waals surface area contributed by atoms with Crippen LogP contribution in [-0.4, -0.2) is 41.7 Å². The Balaban J connectivity index is 1.32. The summed E-state index contributed by atoms with van der Waals surface area (Å²) in [6, 6.07) is 21.2. The predicted octanol–water partition coefficient (Wildman–Crippen LogP) is 3.94. The van der Waals surface area contributed by atoms with Gasteiger partial charge in [-0.3, -0.25) is 9.59 Å². The Morgan fingerprint density at radius 3 is 2.64 bits per heavy atom. The molecule has 3 aromatic carbocycles. The lowest BCUT2D eigenvalue weighted by molar-refractivity contribution is -0.120. The first-order chi connectivity index (χ1) is 17.3. The van der Waals surface area contributed by atoms with Crippen molar-refractivity contribution < 1.29 is 13.2 Å². The van der Waals surface area contributed by atoms with Crippen molar-refractivity contribution in [3.05, 3.63) is 88.8 Å². The third-order valence-corrected chi connectivity index (χ3v) is 8.25. The van der Waals surface area contributed by atoms with E-state index in [1.54, 1.807) is 49.4 Å². The SMILES string of the molecule is Cc1cc(=O)[nH]c(-c2cccc(NC(=O)[C@H]3CCCN(S(=O)(=O)c4ccc5ccccc5c4)C3)c2)n1. The van der Waals surface area contributed by atoms with Gasteiger partial charge in [-0.2, -0.15) is 4.31 Å². The molecule has 0 bridgehead atoms. The molecule has 1 aliphatic heterocycles. The van der Waals surface area contributed by atoms with Crippen LogP contribution < -0.4 is 10.9 Å². The zero-order chi connectivity index (χ0) is 25.3. The van der Waals surface area contributed by atoms with Crippen LogP contribution in [0, 0.1) is 12.8 Å². The van der Waals surface area contributed by atoms with E-state index >= 15 is 0 Å². The molecule has 9 heteroatoms. The smallest absolute Gasteiger partial charge is 0.251 e. The number of benzene rings is 3. The van der Waals surface area contributed by atoms with Crippen LogP contribution in [0.3, 0.4) is 0 Å². The van der Waals surface area contributed by atoms with Gasteiger partial charge in [-0.15, -0.1) is 0 Å². The van der Waals surface area contributed by atoms with Gasteiger partial charge in [0, 0.05) is 36.1 Å². The Morgan fingerprint density at radius 2 is 1.83 bits per heavy atom. The van der Waals surface area contributed by atoms with Crippen molar-refractivity contribution in [3.8, 4) is 11.4 Å². The molecular weight excluding hydrogens is 476 g/mol. The average Bonchev–Trinajstić information content (AvgIpc) is 2.88. The molecule has 8 nitrogen and oxygen atoms in total. The number of anilines is 1. The molecule has 0 spiro atoms. The average molecular weight is 503 g/mol. The van der Waals surface area contributed by atoms with Crippen molar-refractivity contribution in [1.29, 1.82) is 0 Å². The number of piperidine rings is 1. The molecule has 0 unspecified atom stereocenters. The van der Waals surface area contributed by atoms with Gasteiger partial charge in [0.2, 0.25) is 15.9 Å². The fourth-order valence-electron chi connectivity index (χ4n) is 4.56. The van der Waals surface area contributed by atoms with Gasteiger partial charge >= 0.3 is 0 Å². The van der Waals surface area contributed by atoms with E-state index in [1.165, 1.54) is 10.4 Å². The summed E-state index contributed by atoms with van der Waals surface area (Å²) >= 11 is 0. The standard InChI is InChI=1S/C27H26N4O4S/c1-18-14-25(32)30-26(28-18)21-8-4-10-23(15-21)29-27(33)22-9-5-13-31(17-22)36(34,35)24-12-11-19-6-2-3-7-20(19)16-24/h2-4,6-8,10-12,14-16,22H,5,9,13,17H2,1H3,(H,29,33)(H,28,30,32)/t22-/m0/s1. The second kappa shape index (κ2) is 9.67. The summed E-state index contributed by atoms with van der Waals surface area (Å²) < 4.78 is 28.1. The molecule has 2 heterocycles. The van der Waals surface area contributed by atoms with E-state index in [2.05, 4.69) is 15.3 Å². The number of carbonyl (C=O) groups is 1. The van der Waals surface area contributed by atoms with Gasteiger partial charge in [0.1, 0.15) is 5.82 Å². The number of hydrogen-bond donors (Lipinski definition) is 2. The first-order valence-electron chi connectivity index (χ1n) is 11.8. The van der Waals surface area contributed by atoms with E-state index in [0.29, 0.717) is 42.2 Å². The second-order valence-corrected chi connectivity index (χ2v) is 11.0. The van der Waals surface area contributed by atoms with Crippen LogP contribution in [0.25, 0.3) is 22.2 Å². The summed E-state index contributed by atoms with van der Waals surface area (Å²) in [6.45, 7) is 2.24. The Bertz CT molecular complexity index is 1610. The molecule has 1 aliphatic rings. The van der Waals surface area contributed by atoms with E-state index in [9.17, 15) is 18.0 Å². The number of aryl methyl sites for hydroxylation is 1. The van der Waals surface area contributed by atoms with Gasteiger partial charge in [-0.25, -0.2) is 13.4 Å². The topological polar surface area (TPSA) is 112 Å². The van der Waals surface area contributed by atoms with Crippen molar-refractivity contribution in [1.82, 2.24) is 14.3 Å². The number of fused-ring (bicyclic) bond motifs is 1. The number of rotatable bonds is 5. The van der Waals surface area contributed by atoms with E-state index in [0.717, 1.165) is 10.8 Å². The maximum atomic E-state index is 13.4. The first-order valence-corrected chi connectivity index (χ1v) is 13.2. The Labute approximate surface area is 209 Å². The zero-order valence-electron chi connectivity index (χ0n) is 19.8. The number of nitrogens with zero attached hydrogens (tertiary/aromatic N) is 2. The summed E-state index contributed by atoms with van der Waals surface area (Å²) in [5.41, 5.74) is 1.56. The predicted molar refractivity (Wildman–Crippen MR) is 139 cm³/mol. The molecule has 0 radical (unpaired) electrons. The molecule has 1 saturated heterocycles. The number of nitrogens with one attached hydrogen (secondary N) is 2. The number of aromatic nitrogens is 2. The fraction of sp³-hybridized carbons (Fsp3) is 0.222. The minimum atomic E-state index is -3.73. The van der Waals surface area contributed by atoms with Crippen LogP contribution >= 0.6 is 0 Å². The number of H-pyrrole nitrogens is 1. The third kappa shape index (κ3) is 4.93. The lowest BCUT2D eigenvalue weighted by atomic mass is 9.98. The maximum Gasteiger partial charge on any atom is 0.251 e. The van der Waals surface area contributed by atoms with Gasteiger partial charge in [-0.1, -0.05) is 42.5 Å². The minimum absolute atomic E-state index is 0.118. The highest BCUT2D eigenvalue weighted by molar-refractivity contribution is 7.89. The van der Waals surface area contributed by atoms with Crippen LogP contribution in [0.5, 0.6) is 0 Å². The van der Waals surface area contributed by atoms with Gasteiger partial charge in [0.15, 0.2) is 0 Å². The first kappa shape index (κ1) is 23.9. The largest absolute Gasteiger partial charge is 0.326 e. The van der Waals surface area contributed by atoms with Crippen LogP contribution in [0.1, 0.15) is 18.5 Å². The Morgan fingerprint density at radius 1 is 1.03 bits per heavy atom. The second-order valence-electron chi connectivity index (χ2n) is 9.02. The van der Waals surface area contributed by atoms with Gasteiger partial charge in [-0.05, 0) is 54.8 Å². The van der Waals surface area contributed by atoms with Crippen molar-refractivity contribution in [2.24, 2.45) is 5.92 Å². The van der Waals surface area contributed by atoms with Crippen LogP contribution in [0.2, 0.25) is 0 Å². The summed E-state index contributed by atoms with van der Waals surface area (Å²) in [4.78, 5) is 32.2. The number of sulfonamides is 1. The molecule has 1 amide bonds. The van der Waals surface area contributed by atoms with E-state index in [1.807, 2.05) is 24.3 Å². The Hall–Kier alpha value is -3.82. The lowest BCUT2D eigenvalue weighted by Crippen LogP contribution is -2.43. The molecule has 0 aliphatic carbocycles. The lowest BCUT2D eigenvalue weighted by Gasteiger charge is -2.31. The molecule has 36 heavy (non-hydrogen) atoms. The monoisotopic (exact) mass is 502 g/mol. The number of hydrogen-bond acceptors (Lipinski definition) is 5. The molecule has 1 fully saturated rings. The van der Waals surface area contributed by atoms with Gasteiger partial charge in [0.25, 0.3) is 5.56 Å². The van der Waals surface area contributed by atoms with Crippen molar-refractivity contribution in [2.75, 3.05) is 18.4 Å². The normalized spacial score (nSPS) is 16.6. The molecule has 1 atom stereocenters. The molecular formula is C27H26N4O4S. The number of carbonyl (C=O) groups excluding carboxylic acids is 1. The fourth-order valence-corrected chi connectivity index (χ4v) is 6.12. The summed E-state index contributed by atoms with van der Waals surface area (Å²) in [6.07, 6.45) is 1.20. The van der Waals surface area contributed by atoms with Crippen molar-refractivity contribution >= 4 is 32.4 Å². The van der Waals surface area contributed by atoms with E-state index < -0.39 is 15.9 Å². The van der Waals surface area contributed by atoms with Crippen molar-refractivity contribution in [3.63, 3.8) is 0 Å². The van der Waals surface area contributed by atoms with Crippen LogP contribution in [0.15, 0.2) is 82.5 Å². The van der Waals surface area contributed by atoms with Gasteiger partial charge in [0.05, 0.1) is 10.8 Å². The van der Waals surface area contributed by atoms with E-state index in [4.69, 9.17) is 0 Å². The highest BCUT2D eigenvalue weighted by atomic mass is 32.2. The third-order valence-electron chi connectivity index (χ3n) is 6.39. The molecule has 0 saturated carbocycles. The molecule has 184 valence electrons. The van der Waals surface area contributed by atoms with E-state index in [-0.39, 0.29) is 22.9 Å². The van der Waals surface area contributed by atoms with Crippen LogP contribution in [0.4, 0.5) is 5.69 Å². The highest BCUT2D eigenvalue weighted by Crippen LogP contribution is 2.27. The Kier molecular flexibility index (Phi) is 6.42. The quantitative estimate of drug-likeness (QED) is 0.429. The van der Waals surface area contributed by atoms with Crippen LogP contribution in [-0.2, 0) is 14.8 Å². The minimum Gasteiger partial charge on any atom is -0.326 e. The highest BCUT2D eigenvalue weighted by Gasteiger charge is 2.33. The zero-order valence-corrected chi connectivity index (χ0v) is 20.6. The molecule has 2 N–H and O–H groups in total. The summed E-state index contributed by atoms with van der Waals surface area (Å²) in [5.74, 6) is -0.299. The molecule has 1 aromatic heterocycles. The van der Waals surface area contributed by atoms with Gasteiger partial charge < -0.3 is 10.3 Å². The molecule has 5 rings (SSSR count). The number of amides is 1.